The van der Waals surface area contributed by atoms with Crippen molar-refractivity contribution in [3.8, 4) is 17.1 Å². The number of hydrogen-bond donors (Lipinski definition) is 3. The van der Waals surface area contributed by atoms with Gasteiger partial charge in [-0.05, 0) is 24.3 Å². The third-order valence-electron chi connectivity index (χ3n) is 5.93. The summed E-state index contributed by atoms with van der Waals surface area (Å²) >= 11 is 0. The van der Waals surface area contributed by atoms with E-state index in [4.69, 9.17) is 14.6 Å². The molecule has 0 aliphatic carbocycles. The zero-order valence-corrected chi connectivity index (χ0v) is 22.9. The number of fused-ring (bicyclic) bond motifs is 1. The van der Waals surface area contributed by atoms with Crippen molar-refractivity contribution < 1.29 is 45.0 Å². The number of carboxylic acids is 1. The first kappa shape index (κ1) is 31.2. The molecule has 0 spiro atoms. The molecule has 5 rings (SSSR count). The van der Waals surface area contributed by atoms with Gasteiger partial charge in [-0.1, -0.05) is 0 Å². The van der Waals surface area contributed by atoms with Gasteiger partial charge in [-0.2, -0.15) is 13.2 Å². The van der Waals surface area contributed by atoms with Crippen LogP contribution < -0.4 is 19.7 Å². The van der Waals surface area contributed by atoms with Crippen LogP contribution in [0.25, 0.3) is 22.2 Å². The smallest absolute Gasteiger partial charge is 0.480 e. The van der Waals surface area contributed by atoms with E-state index in [2.05, 4.69) is 34.9 Å². The van der Waals surface area contributed by atoms with Crippen molar-refractivity contribution in [2.24, 2.45) is 0 Å². The molecule has 1 fully saturated rings. The summed E-state index contributed by atoms with van der Waals surface area (Å²) in [7, 11) is -3.09. The first-order valence-corrected chi connectivity index (χ1v) is 13.7. The van der Waals surface area contributed by atoms with Crippen LogP contribution in [0.1, 0.15) is 0 Å². The number of benzene rings is 1. The minimum Gasteiger partial charge on any atom is -0.480 e. The van der Waals surface area contributed by atoms with Crippen molar-refractivity contribution in [3.05, 3.63) is 60.7 Å². The van der Waals surface area contributed by atoms with Crippen LogP contribution in [0.3, 0.4) is 0 Å². The lowest BCUT2D eigenvalue weighted by molar-refractivity contribution is -0.192. The Kier molecular flexibility index (Phi) is 9.19. The zero-order valence-electron chi connectivity index (χ0n) is 22.1. The largest absolute Gasteiger partial charge is 0.490 e. The molecule has 18 heteroatoms. The molecular weight excluding hydrogens is 605 g/mol. The summed E-state index contributed by atoms with van der Waals surface area (Å²) in [5.74, 6) is -4.12. The Labute approximate surface area is 240 Å². The highest BCUT2D eigenvalue weighted by Crippen LogP contribution is 2.32. The fourth-order valence-electron chi connectivity index (χ4n) is 3.95. The lowest BCUT2D eigenvalue weighted by Gasteiger charge is -2.29. The van der Waals surface area contributed by atoms with Crippen LogP contribution in [0.2, 0.25) is 0 Å². The molecule has 12 nitrogen and oxygen atoms in total. The number of aliphatic carboxylic acids is 1. The molecular formula is C25H22F5N7O5S. The quantitative estimate of drug-likeness (QED) is 0.270. The van der Waals surface area contributed by atoms with E-state index in [-0.39, 0.29) is 11.6 Å². The van der Waals surface area contributed by atoms with Gasteiger partial charge in [0.15, 0.2) is 0 Å². The van der Waals surface area contributed by atoms with Crippen molar-refractivity contribution in [1.29, 1.82) is 0 Å². The Hall–Kier alpha value is -4.71. The first-order chi connectivity index (χ1) is 20.3. The predicted octanol–water partition coefficient (Wildman–Crippen LogP) is 3.22. The number of carbonyl (C=O) groups is 1. The molecule has 0 saturated carbocycles. The highest BCUT2D eigenvalue weighted by Gasteiger charge is 2.38. The number of aromatic nitrogens is 4. The number of piperazine rings is 1. The maximum atomic E-state index is 14.2. The average Bonchev–Trinajstić information content (AvgIpc) is 2.96. The number of halogens is 5. The minimum absolute atomic E-state index is 0.0320. The number of nitrogens with one attached hydrogen (secondary N) is 2. The summed E-state index contributed by atoms with van der Waals surface area (Å²) in [4.78, 5) is 27.8. The first-order valence-electron chi connectivity index (χ1n) is 12.2. The number of rotatable bonds is 6. The van der Waals surface area contributed by atoms with Crippen LogP contribution >= 0.6 is 0 Å². The molecule has 1 aliphatic heterocycles. The van der Waals surface area contributed by atoms with Gasteiger partial charge in [0.1, 0.15) is 34.4 Å². The Bertz CT molecular complexity index is 1750. The number of ether oxygens (including phenoxy) is 1. The summed E-state index contributed by atoms with van der Waals surface area (Å²) in [6.45, 7) is 3.26. The van der Waals surface area contributed by atoms with Gasteiger partial charge in [-0.25, -0.2) is 36.9 Å². The topological polar surface area (TPSA) is 160 Å². The second-order valence-electron chi connectivity index (χ2n) is 8.79. The molecule has 1 saturated heterocycles. The highest BCUT2D eigenvalue weighted by atomic mass is 32.2. The fraction of sp³-hybridized carbons (Fsp3) is 0.240. The van der Waals surface area contributed by atoms with Crippen LogP contribution in [0.15, 0.2) is 53.9 Å². The number of pyridine rings is 2. The predicted molar refractivity (Wildman–Crippen MR) is 143 cm³/mol. The maximum Gasteiger partial charge on any atom is 0.490 e. The summed E-state index contributed by atoms with van der Waals surface area (Å²) in [5.41, 5.74) is 1.60. The van der Waals surface area contributed by atoms with Gasteiger partial charge in [0, 0.05) is 49.4 Å². The minimum atomic E-state index is -5.08. The zero-order chi connectivity index (χ0) is 31.4. The Morgan fingerprint density at radius 2 is 1.74 bits per heavy atom. The molecule has 4 heterocycles. The van der Waals surface area contributed by atoms with Crippen molar-refractivity contribution in [2.45, 2.75) is 11.1 Å². The number of nitrogens with zero attached hydrogens (tertiary/aromatic N) is 5. The number of alkyl halides is 3. The lowest BCUT2D eigenvalue weighted by atomic mass is 10.1. The van der Waals surface area contributed by atoms with Crippen molar-refractivity contribution in [2.75, 3.05) is 42.9 Å². The SMILES string of the molecule is COc1ncc(-c2cc3c(N4CCNCC4)ncnc3cn2)cc1NS(=O)(=O)c1ccc(F)cc1F.O=C(O)C(F)(F)F. The molecule has 0 atom stereocenters. The van der Waals surface area contributed by atoms with Crippen LogP contribution in [-0.4, -0.2) is 78.9 Å². The van der Waals surface area contributed by atoms with E-state index in [1.54, 1.807) is 6.20 Å². The van der Waals surface area contributed by atoms with Gasteiger partial charge in [0.2, 0.25) is 5.88 Å². The van der Waals surface area contributed by atoms with E-state index < -0.39 is 38.7 Å². The number of sulfonamides is 1. The molecule has 3 aromatic heterocycles. The van der Waals surface area contributed by atoms with Crippen LogP contribution in [0.5, 0.6) is 5.88 Å². The molecule has 0 radical (unpaired) electrons. The number of methoxy groups -OCH3 is 1. The van der Waals surface area contributed by atoms with E-state index in [1.165, 1.54) is 25.7 Å². The van der Waals surface area contributed by atoms with Crippen molar-refractivity contribution in [1.82, 2.24) is 25.3 Å². The lowest BCUT2D eigenvalue weighted by Crippen LogP contribution is -2.44. The Morgan fingerprint density at radius 3 is 2.37 bits per heavy atom. The van der Waals surface area contributed by atoms with Crippen LogP contribution in [0.4, 0.5) is 33.5 Å². The molecule has 1 aromatic carbocycles. The van der Waals surface area contributed by atoms with Crippen LogP contribution in [0, 0.1) is 11.6 Å². The summed E-state index contributed by atoms with van der Waals surface area (Å²) in [6.07, 6.45) is -0.491. The van der Waals surface area contributed by atoms with E-state index in [1.807, 2.05) is 6.07 Å². The second kappa shape index (κ2) is 12.7. The van der Waals surface area contributed by atoms with E-state index in [0.29, 0.717) is 22.8 Å². The van der Waals surface area contributed by atoms with Gasteiger partial charge < -0.3 is 20.1 Å². The highest BCUT2D eigenvalue weighted by molar-refractivity contribution is 7.92. The normalized spacial score (nSPS) is 13.7. The Morgan fingerprint density at radius 1 is 1.05 bits per heavy atom. The molecule has 228 valence electrons. The standard InChI is InChI=1S/C23H21F2N7O3S.C2HF3O2/c1-35-23-19(31-36(33,34)21-3-2-15(24)9-17(21)25)8-14(11-28-23)18-10-16-20(12-27-18)29-13-30-22(16)32-6-4-26-5-7-32;3-2(4,5)1(6)7/h2-3,8-13,26,31H,4-7H2,1H3;(H,6,7). The summed E-state index contributed by atoms with van der Waals surface area (Å²) in [6, 6.07) is 5.50. The number of hydrogen-bond acceptors (Lipinski definition) is 10. The van der Waals surface area contributed by atoms with E-state index >= 15 is 0 Å². The van der Waals surface area contributed by atoms with Gasteiger partial charge >= 0.3 is 12.1 Å². The van der Waals surface area contributed by atoms with E-state index in [9.17, 15) is 30.4 Å². The summed E-state index contributed by atoms with van der Waals surface area (Å²) < 4.78 is 92.3. The van der Waals surface area contributed by atoms with E-state index in [0.717, 1.165) is 49.5 Å². The van der Waals surface area contributed by atoms with Crippen molar-refractivity contribution >= 4 is 38.4 Å². The Balaban J connectivity index is 0.000000541. The second-order valence-corrected chi connectivity index (χ2v) is 10.4. The molecule has 43 heavy (non-hydrogen) atoms. The number of anilines is 2. The third kappa shape index (κ3) is 7.39. The molecule has 3 N–H and O–H groups in total. The maximum absolute atomic E-state index is 14.2. The average molecular weight is 628 g/mol. The molecule has 0 bridgehead atoms. The number of carboxylic acid groups (broad SMARTS) is 1. The molecule has 0 unspecified atom stereocenters. The molecule has 1 aliphatic rings. The third-order valence-corrected chi connectivity index (χ3v) is 7.33. The van der Waals surface area contributed by atoms with Crippen molar-refractivity contribution in [3.63, 3.8) is 0 Å². The van der Waals surface area contributed by atoms with Gasteiger partial charge in [0.25, 0.3) is 10.0 Å². The summed E-state index contributed by atoms with van der Waals surface area (Å²) in [5, 5.41) is 11.2. The monoisotopic (exact) mass is 627 g/mol. The van der Waals surface area contributed by atoms with Crippen LogP contribution in [-0.2, 0) is 14.8 Å². The van der Waals surface area contributed by atoms with Gasteiger partial charge in [-0.3, -0.25) is 9.71 Å². The van der Waals surface area contributed by atoms with Gasteiger partial charge in [-0.15, -0.1) is 0 Å². The fourth-order valence-corrected chi connectivity index (χ4v) is 5.06. The molecule has 0 amide bonds. The van der Waals surface area contributed by atoms with Gasteiger partial charge in [0.05, 0.1) is 24.5 Å². The molecule has 4 aromatic rings.